The second-order valence-corrected chi connectivity index (χ2v) is 4.70. The Morgan fingerprint density at radius 2 is 2.00 bits per heavy atom. The molecule has 0 bridgehead atoms. The average molecular weight is 194 g/mol. The number of rotatable bonds is 3. The zero-order valence-corrected chi connectivity index (χ0v) is 9.51. The van der Waals surface area contributed by atoms with Gasteiger partial charge in [0.15, 0.2) is 5.78 Å². The van der Waals surface area contributed by atoms with Crippen molar-refractivity contribution in [2.24, 2.45) is 5.92 Å². The van der Waals surface area contributed by atoms with Gasteiger partial charge in [-0.25, -0.2) is 0 Å². The van der Waals surface area contributed by atoms with Gasteiger partial charge >= 0.3 is 0 Å². The Hall–Kier alpha value is -0.590. The van der Waals surface area contributed by atoms with Crippen molar-refractivity contribution in [3.63, 3.8) is 0 Å². The van der Waals surface area contributed by atoms with E-state index in [1.54, 1.807) is 0 Å². The number of allylic oxidation sites excluding steroid dienone is 2. The fraction of sp³-hybridized carbons (Fsp3) is 0.769. The Morgan fingerprint density at radius 3 is 2.71 bits per heavy atom. The lowest BCUT2D eigenvalue weighted by Crippen LogP contribution is -2.07. The first-order valence-electron chi connectivity index (χ1n) is 5.92. The molecule has 1 rings (SSSR count). The molecule has 0 saturated heterocycles. The van der Waals surface area contributed by atoms with Crippen LogP contribution in [0.1, 0.15) is 58.8 Å². The molecule has 0 heterocycles. The van der Waals surface area contributed by atoms with E-state index in [-0.39, 0.29) is 0 Å². The summed E-state index contributed by atoms with van der Waals surface area (Å²) in [5, 5.41) is 0. The van der Waals surface area contributed by atoms with Crippen LogP contribution in [0.4, 0.5) is 0 Å². The topological polar surface area (TPSA) is 17.1 Å². The molecule has 1 aliphatic rings. The third-order valence-corrected chi connectivity index (χ3v) is 2.74. The van der Waals surface area contributed by atoms with E-state index in [1.807, 2.05) is 0 Å². The van der Waals surface area contributed by atoms with Gasteiger partial charge in [0.25, 0.3) is 0 Å². The number of carbonyl (C=O) groups excluding carboxylic acids is 1. The summed E-state index contributed by atoms with van der Waals surface area (Å²) >= 11 is 0. The van der Waals surface area contributed by atoms with Gasteiger partial charge in [0.1, 0.15) is 0 Å². The molecule has 1 nitrogen and oxygen atoms in total. The molecule has 1 heteroatoms. The van der Waals surface area contributed by atoms with Crippen molar-refractivity contribution in [1.82, 2.24) is 0 Å². The van der Waals surface area contributed by atoms with Crippen LogP contribution in [-0.2, 0) is 4.79 Å². The molecule has 0 N–H and O–H groups in total. The highest BCUT2D eigenvalue weighted by Crippen LogP contribution is 2.19. The maximum absolute atomic E-state index is 11.8. The van der Waals surface area contributed by atoms with Crippen LogP contribution in [0.3, 0.4) is 0 Å². The van der Waals surface area contributed by atoms with Crippen molar-refractivity contribution >= 4 is 5.78 Å². The maximum atomic E-state index is 11.8. The first-order chi connectivity index (χ1) is 6.70. The number of Topliss-reactive ketones (excluding diaryl/α,β-unsaturated/α-hetero) is 1. The fourth-order valence-electron chi connectivity index (χ4n) is 1.95. The van der Waals surface area contributed by atoms with Crippen molar-refractivity contribution in [3.05, 3.63) is 11.6 Å². The molecule has 0 atom stereocenters. The second-order valence-electron chi connectivity index (χ2n) is 4.70. The molecule has 0 radical (unpaired) electrons. The molecule has 14 heavy (non-hydrogen) atoms. The van der Waals surface area contributed by atoms with E-state index in [9.17, 15) is 4.79 Å². The van der Waals surface area contributed by atoms with Gasteiger partial charge in [0.05, 0.1) is 0 Å². The molecular weight excluding hydrogens is 172 g/mol. The standard InChI is InChI=1S/C13H22O/c1-11(2)10-13(14)12-8-6-4-3-5-7-9-12/h8,11H,3-7,9-10H2,1-2H3/b12-8+. The molecule has 1 aliphatic carbocycles. The van der Waals surface area contributed by atoms with E-state index in [0.717, 1.165) is 24.8 Å². The van der Waals surface area contributed by atoms with E-state index in [4.69, 9.17) is 0 Å². The van der Waals surface area contributed by atoms with Crippen molar-refractivity contribution < 1.29 is 4.79 Å². The molecule has 0 spiro atoms. The van der Waals surface area contributed by atoms with Crippen LogP contribution in [0.15, 0.2) is 11.6 Å². The minimum Gasteiger partial charge on any atom is -0.295 e. The Morgan fingerprint density at radius 1 is 1.29 bits per heavy atom. The maximum Gasteiger partial charge on any atom is 0.158 e. The normalized spacial score (nSPS) is 22.4. The van der Waals surface area contributed by atoms with Crippen molar-refractivity contribution in [1.29, 1.82) is 0 Å². The zero-order chi connectivity index (χ0) is 10.4. The van der Waals surface area contributed by atoms with E-state index < -0.39 is 0 Å². The molecule has 0 aliphatic heterocycles. The summed E-state index contributed by atoms with van der Waals surface area (Å²) < 4.78 is 0. The van der Waals surface area contributed by atoms with Gasteiger partial charge in [0, 0.05) is 6.42 Å². The summed E-state index contributed by atoms with van der Waals surface area (Å²) in [6.45, 7) is 4.22. The van der Waals surface area contributed by atoms with E-state index in [2.05, 4.69) is 19.9 Å². The Labute approximate surface area is 87.6 Å². The molecule has 0 aromatic carbocycles. The summed E-state index contributed by atoms with van der Waals surface area (Å²) in [7, 11) is 0. The fourth-order valence-corrected chi connectivity index (χ4v) is 1.95. The summed E-state index contributed by atoms with van der Waals surface area (Å²) in [5.41, 5.74) is 1.11. The van der Waals surface area contributed by atoms with Gasteiger partial charge in [-0.2, -0.15) is 0 Å². The Balaban J connectivity index is 2.50. The van der Waals surface area contributed by atoms with Gasteiger partial charge in [-0.05, 0) is 37.2 Å². The molecule has 80 valence electrons. The molecule has 0 saturated carbocycles. The van der Waals surface area contributed by atoms with E-state index in [1.165, 1.54) is 25.7 Å². The predicted molar refractivity (Wildman–Crippen MR) is 60.2 cm³/mol. The van der Waals surface area contributed by atoms with Gasteiger partial charge in [-0.1, -0.05) is 32.8 Å². The number of hydrogen-bond donors (Lipinski definition) is 0. The summed E-state index contributed by atoms with van der Waals surface area (Å²) in [6.07, 6.45) is 10.1. The average Bonchev–Trinajstić information content (AvgIpc) is 2.00. The predicted octanol–water partition coefficient (Wildman–Crippen LogP) is 3.88. The molecule has 0 unspecified atom stereocenters. The minimum absolute atomic E-state index is 0.391. The monoisotopic (exact) mass is 194 g/mol. The van der Waals surface area contributed by atoms with E-state index in [0.29, 0.717) is 11.7 Å². The molecule has 0 aromatic heterocycles. The summed E-state index contributed by atoms with van der Waals surface area (Å²) in [6, 6.07) is 0. The Bertz CT molecular complexity index is 213. The van der Waals surface area contributed by atoms with Crippen molar-refractivity contribution in [2.75, 3.05) is 0 Å². The quantitative estimate of drug-likeness (QED) is 0.666. The van der Waals surface area contributed by atoms with Crippen LogP contribution >= 0.6 is 0 Å². The smallest absolute Gasteiger partial charge is 0.158 e. The largest absolute Gasteiger partial charge is 0.295 e. The highest BCUT2D eigenvalue weighted by molar-refractivity contribution is 5.95. The van der Waals surface area contributed by atoms with Crippen molar-refractivity contribution in [2.45, 2.75) is 58.8 Å². The van der Waals surface area contributed by atoms with Crippen molar-refractivity contribution in [3.8, 4) is 0 Å². The zero-order valence-electron chi connectivity index (χ0n) is 9.51. The van der Waals surface area contributed by atoms with Crippen LogP contribution in [0.5, 0.6) is 0 Å². The number of hydrogen-bond acceptors (Lipinski definition) is 1. The molecular formula is C13H22O. The number of carbonyl (C=O) groups is 1. The van der Waals surface area contributed by atoms with Crippen LogP contribution in [0.25, 0.3) is 0 Å². The lowest BCUT2D eigenvalue weighted by Gasteiger charge is -2.11. The third kappa shape index (κ3) is 4.08. The van der Waals surface area contributed by atoms with Gasteiger partial charge in [-0.3, -0.25) is 4.79 Å². The molecule has 0 fully saturated rings. The number of ketones is 1. The van der Waals surface area contributed by atoms with Crippen LogP contribution in [0.2, 0.25) is 0 Å². The lowest BCUT2D eigenvalue weighted by atomic mass is 9.93. The van der Waals surface area contributed by atoms with Gasteiger partial charge in [-0.15, -0.1) is 0 Å². The third-order valence-electron chi connectivity index (χ3n) is 2.74. The minimum atomic E-state index is 0.391. The first-order valence-corrected chi connectivity index (χ1v) is 5.92. The molecule has 0 aromatic rings. The first kappa shape index (κ1) is 11.5. The van der Waals surface area contributed by atoms with Crippen LogP contribution in [-0.4, -0.2) is 5.78 Å². The summed E-state index contributed by atoms with van der Waals surface area (Å²) in [5.74, 6) is 0.885. The highest BCUT2D eigenvalue weighted by atomic mass is 16.1. The lowest BCUT2D eigenvalue weighted by molar-refractivity contribution is -0.116. The SMILES string of the molecule is CC(C)CC(=O)/C1=C/CCCCCC1. The van der Waals surface area contributed by atoms with Gasteiger partial charge in [0.2, 0.25) is 0 Å². The van der Waals surface area contributed by atoms with Crippen LogP contribution < -0.4 is 0 Å². The second kappa shape index (κ2) is 6.00. The summed E-state index contributed by atoms with van der Waals surface area (Å²) in [4.78, 5) is 11.8. The van der Waals surface area contributed by atoms with Crippen LogP contribution in [0, 0.1) is 5.92 Å². The molecule has 0 amide bonds. The van der Waals surface area contributed by atoms with E-state index >= 15 is 0 Å². The van der Waals surface area contributed by atoms with Gasteiger partial charge < -0.3 is 0 Å². The Kier molecular flexibility index (Phi) is 4.92. The highest BCUT2D eigenvalue weighted by Gasteiger charge is 2.11.